The van der Waals surface area contributed by atoms with Gasteiger partial charge < -0.3 is 20.1 Å². The quantitative estimate of drug-likeness (QED) is 0.274. The summed E-state index contributed by atoms with van der Waals surface area (Å²) in [6.45, 7) is 8.68. The minimum absolute atomic E-state index is 0.0386. The van der Waals surface area contributed by atoms with Gasteiger partial charge in [0, 0.05) is 73.6 Å². The first-order valence-corrected chi connectivity index (χ1v) is 14.9. The molecule has 5 aromatic rings. The maximum Gasteiger partial charge on any atom is 0.260 e. The maximum atomic E-state index is 14.2. The van der Waals surface area contributed by atoms with Gasteiger partial charge in [0.2, 0.25) is 5.95 Å². The standard InChI is InChI=1S/C34H37N7O/c1-22-6-4-5-7-28(22)29-19-26-20-36-34(37-27-10-11-30(23(2)18-27)40-16-13-35-14-17-40)38-32(26)41(33(29)42)21-25-12-15-39(3)31(25)24-8-9-24/h4-7,10-12,15,18-20,24,35H,8-9,13-14,16-17,21H2,1-3H3,(H,36,37,38). The summed E-state index contributed by atoms with van der Waals surface area (Å²) in [5, 5.41) is 7.66. The average Bonchev–Trinajstić information content (AvgIpc) is 3.77. The van der Waals surface area contributed by atoms with Crippen molar-refractivity contribution in [2.45, 2.75) is 39.2 Å². The normalized spacial score (nSPS) is 15.4. The molecule has 1 saturated heterocycles. The molecular weight excluding hydrogens is 522 g/mol. The first-order valence-electron chi connectivity index (χ1n) is 14.9. The molecule has 0 bridgehead atoms. The van der Waals surface area contributed by atoms with Crippen molar-refractivity contribution < 1.29 is 0 Å². The summed E-state index contributed by atoms with van der Waals surface area (Å²) in [5.41, 5.74) is 9.17. The fourth-order valence-corrected chi connectivity index (χ4v) is 6.36. The number of piperazine rings is 1. The summed E-state index contributed by atoms with van der Waals surface area (Å²) in [5.74, 6) is 1.05. The second-order valence-electron chi connectivity index (χ2n) is 11.7. The van der Waals surface area contributed by atoms with E-state index >= 15 is 0 Å². The first-order chi connectivity index (χ1) is 20.5. The second-order valence-corrected chi connectivity index (χ2v) is 11.7. The number of hydrogen-bond acceptors (Lipinski definition) is 6. The molecule has 42 heavy (non-hydrogen) atoms. The zero-order chi connectivity index (χ0) is 28.8. The van der Waals surface area contributed by atoms with Gasteiger partial charge in [-0.3, -0.25) is 9.36 Å². The fourth-order valence-electron chi connectivity index (χ4n) is 6.36. The number of aryl methyl sites for hydroxylation is 3. The molecule has 2 aromatic carbocycles. The van der Waals surface area contributed by atoms with Gasteiger partial charge in [0.05, 0.1) is 6.54 Å². The highest BCUT2D eigenvalue weighted by Gasteiger charge is 2.29. The van der Waals surface area contributed by atoms with Gasteiger partial charge in [-0.25, -0.2) is 4.98 Å². The second kappa shape index (κ2) is 10.8. The first kappa shape index (κ1) is 26.5. The van der Waals surface area contributed by atoms with Gasteiger partial charge in [0.1, 0.15) is 5.65 Å². The van der Waals surface area contributed by atoms with Crippen LogP contribution in [0.5, 0.6) is 0 Å². The number of rotatable bonds is 7. The Kier molecular flexibility index (Phi) is 6.78. The number of aromatic nitrogens is 4. The van der Waals surface area contributed by atoms with E-state index in [4.69, 9.17) is 4.98 Å². The van der Waals surface area contributed by atoms with Crippen molar-refractivity contribution in [3.05, 3.63) is 99.7 Å². The number of nitrogens with one attached hydrogen (secondary N) is 2. The molecule has 7 rings (SSSR count). The van der Waals surface area contributed by atoms with E-state index in [0.717, 1.165) is 48.4 Å². The molecule has 0 radical (unpaired) electrons. The van der Waals surface area contributed by atoms with Crippen LogP contribution in [-0.2, 0) is 13.6 Å². The van der Waals surface area contributed by atoms with Gasteiger partial charge in [-0.1, -0.05) is 24.3 Å². The van der Waals surface area contributed by atoms with Crippen LogP contribution < -0.4 is 21.1 Å². The van der Waals surface area contributed by atoms with E-state index in [2.05, 4.69) is 69.5 Å². The van der Waals surface area contributed by atoms with Gasteiger partial charge in [-0.15, -0.1) is 0 Å². The fraction of sp³-hybridized carbons (Fsp3) is 0.324. The number of anilines is 3. The Morgan fingerprint density at radius 3 is 2.55 bits per heavy atom. The summed E-state index contributed by atoms with van der Waals surface area (Å²) in [4.78, 5) is 26.3. The van der Waals surface area contributed by atoms with Crippen LogP contribution in [0.3, 0.4) is 0 Å². The molecule has 3 aromatic heterocycles. The molecule has 4 heterocycles. The molecule has 0 atom stereocenters. The Hall–Kier alpha value is -4.43. The molecule has 2 N–H and O–H groups in total. The van der Waals surface area contributed by atoms with Crippen LogP contribution in [0.4, 0.5) is 17.3 Å². The highest BCUT2D eigenvalue weighted by Crippen LogP contribution is 2.42. The molecule has 1 aliphatic heterocycles. The van der Waals surface area contributed by atoms with Gasteiger partial charge in [-0.05, 0) is 85.2 Å². The van der Waals surface area contributed by atoms with Crippen LogP contribution >= 0.6 is 0 Å². The van der Waals surface area contributed by atoms with E-state index in [9.17, 15) is 4.79 Å². The molecule has 214 valence electrons. The third-order valence-corrected chi connectivity index (χ3v) is 8.67. The van der Waals surface area contributed by atoms with Crippen molar-refractivity contribution in [3.8, 4) is 11.1 Å². The predicted octanol–water partition coefficient (Wildman–Crippen LogP) is 5.49. The third-order valence-electron chi connectivity index (χ3n) is 8.67. The minimum Gasteiger partial charge on any atom is -0.369 e. The van der Waals surface area contributed by atoms with Gasteiger partial charge >= 0.3 is 0 Å². The van der Waals surface area contributed by atoms with E-state index < -0.39 is 0 Å². The Balaban J connectivity index is 1.29. The third kappa shape index (κ3) is 4.96. The van der Waals surface area contributed by atoms with Crippen LogP contribution in [0.2, 0.25) is 0 Å². The predicted molar refractivity (Wildman–Crippen MR) is 170 cm³/mol. The van der Waals surface area contributed by atoms with E-state index in [1.165, 1.54) is 35.3 Å². The number of fused-ring (bicyclic) bond motifs is 1. The SMILES string of the molecule is Cc1ccccc1-c1cc2cnc(Nc3ccc(N4CCNCC4)c(C)c3)nc2n(Cc2ccn(C)c2C2CC2)c1=O. The zero-order valence-corrected chi connectivity index (χ0v) is 24.5. The zero-order valence-electron chi connectivity index (χ0n) is 24.5. The largest absolute Gasteiger partial charge is 0.369 e. The van der Waals surface area contributed by atoms with Crippen LogP contribution in [0, 0.1) is 13.8 Å². The lowest BCUT2D eigenvalue weighted by molar-refractivity contribution is 0.588. The smallest absolute Gasteiger partial charge is 0.260 e. The molecule has 8 heteroatoms. The van der Waals surface area contributed by atoms with Gasteiger partial charge in [0.15, 0.2) is 0 Å². The van der Waals surface area contributed by atoms with E-state index in [0.29, 0.717) is 29.6 Å². The van der Waals surface area contributed by atoms with Crippen molar-refractivity contribution in [3.63, 3.8) is 0 Å². The lowest BCUT2D eigenvalue weighted by atomic mass is 10.0. The van der Waals surface area contributed by atoms with Crippen LogP contribution in [0.15, 0.2) is 71.8 Å². The molecule has 1 saturated carbocycles. The summed E-state index contributed by atoms with van der Waals surface area (Å²) in [7, 11) is 2.10. The van der Waals surface area contributed by atoms with E-state index in [1.54, 1.807) is 0 Å². The van der Waals surface area contributed by atoms with Crippen LogP contribution in [0.1, 0.15) is 41.1 Å². The van der Waals surface area contributed by atoms with Crippen molar-refractivity contribution in [1.82, 2.24) is 24.4 Å². The molecule has 0 spiro atoms. The highest BCUT2D eigenvalue weighted by atomic mass is 16.1. The molecular formula is C34H37N7O. The van der Waals surface area contributed by atoms with Crippen molar-refractivity contribution >= 4 is 28.4 Å². The summed E-state index contributed by atoms with van der Waals surface area (Å²) in [6, 6.07) is 18.5. The van der Waals surface area contributed by atoms with E-state index in [1.807, 2.05) is 48.0 Å². The molecule has 0 unspecified atom stereocenters. The number of nitrogens with zero attached hydrogens (tertiary/aromatic N) is 5. The monoisotopic (exact) mass is 559 g/mol. The van der Waals surface area contributed by atoms with E-state index in [-0.39, 0.29) is 5.56 Å². The van der Waals surface area contributed by atoms with Crippen molar-refractivity contribution in [2.75, 3.05) is 36.4 Å². The summed E-state index contributed by atoms with van der Waals surface area (Å²) < 4.78 is 4.05. The average molecular weight is 560 g/mol. The Bertz CT molecular complexity index is 1840. The lowest BCUT2D eigenvalue weighted by Gasteiger charge is -2.30. The Morgan fingerprint density at radius 2 is 1.79 bits per heavy atom. The molecule has 1 aliphatic carbocycles. The number of hydrogen-bond donors (Lipinski definition) is 2. The molecule has 8 nitrogen and oxygen atoms in total. The van der Waals surface area contributed by atoms with Crippen LogP contribution in [0.25, 0.3) is 22.2 Å². The molecule has 2 aliphatic rings. The molecule has 0 amide bonds. The summed E-state index contributed by atoms with van der Waals surface area (Å²) in [6.07, 6.45) is 6.34. The minimum atomic E-state index is -0.0386. The maximum absolute atomic E-state index is 14.2. The Morgan fingerprint density at radius 1 is 0.976 bits per heavy atom. The summed E-state index contributed by atoms with van der Waals surface area (Å²) >= 11 is 0. The van der Waals surface area contributed by atoms with Gasteiger partial charge in [0.25, 0.3) is 5.56 Å². The van der Waals surface area contributed by atoms with Crippen LogP contribution in [-0.4, -0.2) is 45.3 Å². The topological polar surface area (TPSA) is 80.0 Å². The highest BCUT2D eigenvalue weighted by molar-refractivity contribution is 5.82. The van der Waals surface area contributed by atoms with Crippen molar-refractivity contribution in [2.24, 2.45) is 7.05 Å². The number of pyridine rings is 1. The van der Waals surface area contributed by atoms with Gasteiger partial charge in [-0.2, -0.15) is 4.98 Å². The van der Waals surface area contributed by atoms with Crippen molar-refractivity contribution in [1.29, 1.82) is 0 Å². The lowest BCUT2D eigenvalue weighted by Crippen LogP contribution is -2.43. The number of benzene rings is 2. The molecule has 2 fully saturated rings. The Labute approximate surface area is 246 Å².